The highest BCUT2D eigenvalue weighted by molar-refractivity contribution is 9.10. The number of halogens is 1. The van der Waals surface area contributed by atoms with Crippen LogP contribution in [-0.4, -0.2) is 11.6 Å². The highest BCUT2D eigenvalue weighted by Crippen LogP contribution is 2.07. The normalized spacial score (nSPS) is 9.92. The molecule has 3 heteroatoms. The third kappa shape index (κ3) is 4.20. The molecule has 0 aliphatic heterocycles. The Morgan fingerprint density at radius 1 is 1.54 bits per heavy atom. The summed E-state index contributed by atoms with van der Waals surface area (Å²) >= 11 is 3.32. The third-order valence-corrected chi connectivity index (χ3v) is 1.97. The van der Waals surface area contributed by atoms with Gasteiger partial charge in [-0.3, -0.25) is 4.98 Å². The van der Waals surface area contributed by atoms with Crippen LogP contribution in [0.15, 0.2) is 35.5 Å². The number of hydrogen-bond acceptors (Lipinski definition) is 2. The lowest BCUT2D eigenvalue weighted by molar-refractivity contribution is 0.122. The molecule has 0 amide bonds. The second-order valence-corrected chi connectivity index (χ2v) is 3.51. The number of rotatable bonds is 5. The van der Waals surface area contributed by atoms with E-state index in [9.17, 15) is 0 Å². The summed E-state index contributed by atoms with van der Waals surface area (Å²) < 4.78 is 6.34. The molecule has 1 heterocycles. The predicted octanol–water partition coefficient (Wildman–Crippen LogP) is 2.94. The average molecular weight is 242 g/mol. The largest absolute Gasteiger partial charge is 0.375 e. The Morgan fingerprint density at radius 2 is 2.38 bits per heavy atom. The second kappa shape index (κ2) is 5.89. The van der Waals surface area contributed by atoms with Crippen molar-refractivity contribution in [1.29, 1.82) is 0 Å². The van der Waals surface area contributed by atoms with Gasteiger partial charge in [0.2, 0.25) is 0 Å². The van der Waals surface area contributed by atoms with Gasteiger partial charge in [0, 0.05) is 10.7 Å². The molecule has 0 radical (unpaired) electrons. The maximum absolute atomic E-state index is 5.35. The summed E-state index contributed by atoms with van der Waals surface area (Å²) in [5.41, 5.74) is 0.951. The molecule has 0 fully saturated rings. The fraction of sp³-hybridized carbons (Fsp3) is 0.300. The summed E-state index contributed by atoms with van der Waals surface area (Å²) in [6.45, 7) is 4.90. The smallest absolute Gasteiger partial charge is 0.0887 e. The van der Waals surface area contributed by atoms with Crippen LogP contribution < -0.4 is 0 Å². The van der Waals surface area contributed by atoms with Gasteiger partial charge in [-0.1, -0.05) is 6.08 Å². The fourth-order valence-electron chi connectivity index (χ4n) is 0.835. The van der Waals surface area contributed by atoms with Gasteiger partial charge in [-0.2, -0.15) is 0 Å². The zero-order valence-electron chi connectivity index (χ0n) is 7.37. The van der Waals surface area contributed by atoms with Crippen molar-refractivity contribution in [3.05, 3.63) is 41.2 Å². The first-order valence-electron chi connectivity index (χ1n) is 4.12. The minimum atomic E-state index is 0.571. The number of ether oxygens (including phenoxy) is 1. The molecular formula is C10H12BrNO. The topological polar surface area (TPSA) is 22.1 Å². The van der Waals surface area contributed by atoms with Crippen LogP contribution >= 0.6 is 15.9 Å². The van der Waals surface area contributed by atoms with E-state index in [1.165, 1.54) is 0 Å². The van der Waals surface area contributed by atoms with E-state index in [1.807, 2.05) is 18.2 Å². The lowest BCUT2D eigenvalue weighted by Crippen LogP contribution is -1.96. The molecule has 0 atom stereocenters. The Balaban J connectivity index is 2.28. The van der Waals surface area contributed by atoms with Crippen LogP contribution in [-0.2, 0) is 11.3 Å². The van der Waals surface area contributed by atoms with Crippen molar-refractivity contribution < 1.29 is 4.74 Å². The van der Waals surface area contributed by atoms with Gasteiger partial charge in [-0.05, 0) is 34.5 Å². The highest BCUT2D eigenvalue weighted by Gasteiger charge is 1.93. The molecule has 0 aliphatic carbocycles. The fourth-order valence-corrected chi connectivity index (χ4v) is 1.07. The van der Waals surface area contributed by atoms with Crippen molar-refractivity contribution in [2.24, 2.45) is 0 Å². The molecule has 0 aliphatic rings. The van der Waals surface area contributed by atoms with E-state index in [0.29, 0.717) is 13.2 Å². The van der Waals surface area contributed by atoms with E-state index in [2.05, 4.69) is 27.5 Å². The summed E-state index contributed by atoms with van der Waals surface area (Å²) in [6.07, 6.45) is 4.50. The number of pyridine rings is 1. The molecular weight excluding hydrogens is 230 g/mol. The van der Waals surface area contributed by atoms with Gasteiger partial charge in [0.05, 0.1) is 18.9 Å². The first-order chi connectivity index (χ1) is 6.33. The van der Waals surface area contributed by atoms with Crippen molar-refractivity contribution in [1.82, 2.24) is 4.98 Å². The van der Waals surface area contributed by atoms with Crippen molar-refractivity contribution in [3.63, 3.8) is 0 Å². The second-order valence-electron chi connectivity index (χ2n) is 2.60. The number of nitrogens with zero attached hydrogens (tertiary/aromatic N) is 1. The standard InChI is InChI=1S/C10H12BrNO/c1-2-3-6-13-8-10-5-4-9(11)7-12-10/h2,4-5,7H,1,3,6,8H2. The Bertz CT molecular complexity index is 258. The zero-order chi connectivity index (χ0) is 9.52. The molecule has 0 N–H and O–H groups in total. The number of hydrogen-bond donors (Lipinski definition) is 0. The molecule has 1 aromatic heterocycles. The molecule has 0 unspecified atom stereocenters. The molecule has 0 aromatic carbocycles. The average Bonchev–Trinajstić information content (AvgIpc) is 2.15. The Kier molecular flexibility index (Phi) is 4.72. The molecule has 70 valence electrons. The first kappa shape index (κ1) is 10.4. The highest BCUT2D eigenvalue weighted by atomic mass is 79.9. The van der Waals surface area contributed by atoms with Gasteiger partial charge < -0.3 is 4.74 Å². The van der Waals surface area contributed by atoms with Crippen LogP contribution in [0.25, 0.3) is 0 Å². The van der Waals surface area contributed by atoms with E-state index >= 15 is 0 Å². The first-order valence-corrected chi connectivity index (χ1v) is 4.91. The van der Waals surface area contributed by atoms with Crippen LogP contribution in [0.1, 0.15) is 12.1 Å². The lowest BCUT2D eigenvalue weighted by atomic mass is 10.4. The minimum Gasteiger partial charge on any atom is -0.375 e. The monoisotopic (exact) mass is 241 g/mol. The van der Waals surface area contributed by atoms with Crippen molar-refractivity contribution in [2.45, 2.75) is 13.0 Å². The van der Waals surface area contributed by atoms with Crippen molar-refractivity contribution in [2.75, 3.05) is 6.61 Å². The van der Waals surface area contributed by atoms with E-state index in [-0.39, 0.29) is 0 Å². The van der Waals surface area contributed by atoms with E-state index in [4.69, 9.17) is 4.74 Å². The SMILES string of the molecule is C=CCCOCc1ccc(Br)cn1. The quantitative estimate of drug-likeness (QED) is 0.585. The Morgan fingerprint density at radius 3 is 3.00 bits per heavy atom. The van der Waals surface area contributed by atoms with Crippen LogP contribution in [0.3, 0.4) is 0 Å². The molecule has 1 rings (SSSR count). The minimum absolute atomic E-state index is 0.571. The molecule has 0 saturated heterocycles. The van der Waals surface area contributed by atoms with Gasteiger partial charge in [0.1, 0.15) is 0 Å². The molecule has 13 heavy (non-hydrogen) atoms. The molecule has 0 bridgehead atoms. The van der Waals surface area contributed by atoms with Crippen LogP contribution in [0.5, 0.6) is 0 Å². The third-order valence-electron chi connectivity index (χ3n) is 1.50. The van der Waals surface area contributed by atoms with Crippen LogP contribution in [0.2, 0.25) is 0 Å². The Labute approximate surface area is 86.8 Å². The van der Waals surface area contributed by atoms with Gasteiger partial charge in [-0.25, -0.2) is 0 Å². The summed E-state index contributed by atoms with van der Waals surface area (Å²) in [6, 6.07) is 3.90. The molecule has 0 saturated carbocycles. The van der Waals surface area contributed by atoms with Gasteiger partial charge >= 0.3 is 0 Å². The maximum atomic E-state index is 5.35. The number of aromatic nitrogens is 1. The zero-order valence-corrected chi connectivity index (χ0v) is 8.96. The molecule has 1 aromatic rings. The summed E-state index contributed by atoms with van der Waals surface area (Å²) in [5, 5.41) is 0. The predicted molar refractivity (Wildman–Crippen MR) is 56.4 cm³/mol. The summed E-state index contributed by atoms with van der Waals surface area (Å²) in [5.74, 6) is 0. The van der Waals surface area contributed by atoms with E-state index in [0.717, 1.165) is 16.6 Å². The lowest BCUT2D eigenvalue weighted by Gasteiger charge is -2.01. The maximum Gasteiger partial charge on any atom is 0.0887 e. The summed E-state index contributed by atoms with van der Waals surface area (Å²) in [7, 11) is 0. The van der Waals surface area contributed by atoms with Gasteiger partial charge in [0.15, 0.2) is 0 Å². The van der Waals surface area contributed by atoms with Crippen molar-refractivity contribution in [3.8, 4) is 0 Å². The van der Waals surface area contributed by atoms with Crippen LogP contribution in [0.4, 0.5) is 0 Å². The van der Waals surface area contributed by atoms with E-state index in [1.54, 1.807) is 6.20 Å². The summed E-state index contributed by atoms with van der Waals surface area (Å²) in [4.78, 5) is 4.18. The van der Waals surface area contributed by atoms with Crippen LogP contribution in [0, 0.1) is 0 Å². The van der Waals surface area contributed by atoms with Gasteiger partial charge in [-0.15, -0.1) is 6.58 Å². The van der Waals surface area contributed by atoms with Gasteiger partial charge in [0.25, 0.3) is 0 Å². The Hall–Kier alpha value is -0.670. The van der Waals surface area contributed by atoms with E-state index < -0.39 is 0 Å². The van der Waals surface area contributed by atoms with Crippen molar-refractivity contribution >= 4 is 15.9 Å². The molecule has 0 spiro atoms. The molecule has 2 nitrogen and oxygen atoms in total.